The largest absolute Gasteiger partial charge is 0.467 e. The third kappa shape index (κ3) is 9.72. The fraction of sp³-hybridized carbons (Fsp3) is 0.538. The van der Waals surface area contributed by atoms with Crippen molar-refractivity contribution in [3.8, 4) is 0 Å². The van der Waals surface area contributed by atoms with Crippen molar-refractivity contribution in [2.75, 3.05) is 13.7 Å². The number of carbonyl (C=O) groups excluding carboxylic acids is 6. The lowest BCUT2D eigenvalue weighted by Gasteiger charge is -2.50. The van der Waals surface area contributed by atoms with Gasteiger partial charge in [-0.2, -0.15) is 0 Å². The zero-order chi connectivity index (χ0) is 30.7. The van der Waals surface area contributed by atoms with Crippen LogP contribution in [0.25, 0.3) is 0 Å². The predicted molar refractivity (Wildman–Crippen MR) is 135 cm³/mol. The van der Waals surface area contributed by atoms with Gasteiger partial charge < -0.3 is 44.2 Å². The first-order chi connectivity index (χ1) is 19.3. The number of methoxy groups -OCH3 is 1. The molecular formula is C26H34N2O13. The molecule has 0 aliphatic carbocycles. The molecule has 1 aliphatic rings. The van der Waals surface area contributed by atoms with Crippen LogP contribution in [0.5, 0.6) is 0 Å². The van der Waals surface area contributed by atoms with Gasteiger partial charge in [-0.05, 0) is 5.56 Å². The highest BCUT2D eigenvalue weighted by Gasteiger charge is 2.60. The molecule has 226 valence electrons. The van der Waals surface area contributed by atoms with Crippen molar-refractivity contribution >= 4 is 35.9 Å². The van der Waals surface area contributed by atoms with Gasteiger partial charge in [0.15, 0.2) is 12.2 Å². The Hall–Kier alpha value is -4.24. The van der Waals surface area contributed by atoms with Crippen LogP contribution in [0.3, 0.4) is 0 Å². The monoisotopic (exact) mass is 582 g/mol. The van der Waals surface area contributed by atoms with Gasteiger partial charge in [0.05, 0.1) is 7.11 Å². The van der Waals surface area contributed by atoms with Crippen molar-refractivity contribution in [2.24, 2.45) is 0 Å². The SMILES string of the molecule is COC(=O)C(C[C@H]1O[C@H](COC(C)=O)[C@H](OC(C)=O)[C@H](OC(C)=O)[C@]1(O)NC(C)=O)NC(=O)OCc1ccccc1. The Bertz CT molecular complexity index is 1110. The second kappa shape index (κ2) is 14.9. The lowest BCUT2D eigenvalue weighted by atomic mass is 9.85. The van der Waals surface area contributed by atoms with Gasteiger partial charge in [0.2, 0.25) is 11.6 Å². The number of hydrogen-bond donors (Lipinski definition) is 3. The standard InChI is InChI=1S/C26H34N2O13/c1-14(29)28-26(35)21(11-19(24(33)36-5)27-25(34)38-12-18-9-7-6-8-10-18)41-20(13-37-15(2)30)22(39-16(3)31)23(26)40-17(4)32/h6-10,19-23,35H,11-13H2,1-5H3,(H,27,34)(H,28,29)/t19?,20-,21-,22+,23+,26+/m1/s1. The van der Waals surface area contributed by atoms with Crippen LogP contribution < -0.4 is 10.6 Å². The smallest absolute Gasteiger partial charge is 0.408 e. The summed E-state index contributed by atoms with van der Waals surface area (Å²) in [5.41, 5.74) is -1.95. The topological polar surface area (TPSA) is 202 Å². The van der Waals surface area contributed by atoms with Crippen molar-refractivity contribution in [2.45, 2.75) is 76.9 Å². The molecule has 41 heavy (non-hydrogen) atoms. The van der Waals surface area contributed by atoms with E-state index in [1.165, 1.54) is 0 Å². The highest BCUT2D eigenvalue weighted by molar-refractivity contribution is 5.81. The molecule has 6 atom stereocenters. The first-order valence-corrected chi connectivity index (χ1v) is 12.5. The summed E-state index contributed by atoms with van der Waals surface area (Å²) in [5, 5.41) is 16.3. The third-order valence-electron chi connectivity index (χ3n) is 5.79. The van der Waals surface area contributed by atoms with E-state index < -0.39 is 85.1 Å². The van der Waals surface area contributed by atoms with E-state index >= 15 is 0 Å². The van der Waals surface area contributed by atoms with E-state index in [2.05, 4.69) is 10.6 Å². The lowest BCUT2D eigenvalue weighted by molar-refractivity contribution is -0.292. The fourth-order valence-corrected chi connectivity index (χ4v) is 4.17. The van der Waals surface area contributed by atoms with Crippen LogP contribution in [0.2, 0.25) is 0 Å². The van der Waals surface area contributed by atoms with Crippen LogP contribution in [-0.4, -0.2) is 90.9 Å². The highest BCUT2D eigenvalue weighted by Crippen LogP contribution is 2.35. The molecule has 15 nitrogen and oxygen atoms in total. The summed E-state index contributed by atoms with van der Waals surface area (Å²) in [6, 6.07) is 7.17. The molecule has 0 radical (unpaired) electrons. The first-order valence-electron chi connectivity index (χ1n) is 12.5. The number of ether oxygens (including phenoxy) is 6. The molecule has 1 heterocycles. The summed E-state index contributed by atoms with van der Waals surface area (Å²) in [6.45, 7) is 3.54. The van der Waals surface area contributed by atoms with E-state index in [4.69, 9.17) is 28.4 Å². The van der Waals surface area contributed by atoms with Crippen molar-refractivity contribution in [3.05, 3.63) is 35.9 Å². The Morgan fingerprint density at radius 3 is 2.12 bits per heavy atom. The van der Waals surface area contributed by atoms with Gasteiger partial charge in [-0.25, -0.2) is 9.59 Å². The molecule has 0 spiro atoms. The molecule has 0 aromatic heterocycles. The molecule has 0 bridgehead atoms. The highest BCUT2D eigenvalue weighted by atomic mass is 16.6. The summed E-state index contributed by atoms with van der Waals surface area (Å²) in [6.07, 6.45) is -7.98. The van der Waals surface area contributed by atoms with E-state index in [0.29, 0.717) is 5.56 Å². The molecule has 1 fully saturated rings. The molecular weight excluding hydrogens is 548 g/mol. The maximum Gasteiger partial charge on any atom is 0.408 e. The van der Waals surface area contributed by atoms with E-state index in [9.17, 15) is 33.9 Å². The second-order valence-electron chi connectivity index (χ2n) is 9.09. The average molecular weight is 583 g/mol. The summed E-state index contributed by atoms with van der Waals surface area (Å²) < 4.78 is 31.4. The average Bonchev–Trinajstić information content (AvgIpc) is 2.89. The first kappa shape index (κ1) is 33.0. The van der Waals surface area contributed by atoms with Crippen LogP contribution in [0, 0.1) is 0 Å². The van der Waals surface area contributed by atoms with Gasteiger partial charge in [0.1, 0.15) is 31.5 Å². The molecule has 1 aromatic rings. The van der Waals surface area contributed by atoms with E-state index in [1.807, 2.05) is 0 Å². The molecule has 0 saturated carbocycles. The molecule has 1 aromatic carbocycles. The number of benzene rings is 1. The van der Waals surface area contributed by atoms with E-state index in [-0.39, 0.29) is 6.61 Å². The number of hydrogen-bond acceptors (Lipinski definition) is 13. The van der Waals surface area contributed by atoms with Gasteiger partial charge in [0, 0.05) is 34.1 Å². The van der Waals surface area contributed by atoms with Crippen LogP contribution in [0.1, 0.15) is 39.7 Å². The van der Waals surface area contributed by atoms with Crippen molar-refractivity contribution < 1.29 is 62.3 Å². The molecule has 15 heteroatoms. The number of rotatable bonds is 11. The molecule has 1 unspecified atom stereocenters. The number of nitrogens with one attached hydrogen (secondary N) is 2. The Balaban J connectivity index is 2.44. The normalized spacial score (nSPS) is 24.1. The molecule has 2 rings (SSSR count). The number of amides is 2. The predicted octanol–water partition coefficient (Wildman–Crippen LogP) is -0.137. The number of aliphatic hydroxyl groups is 1. The molecule has 1 aliphatic heterocycles. The van der Waals surface area contributed by atoms with Gasteiger partial charge in [-0.3, -0.25) is 19.2 Å². The summed E-state index contributed by atoms with van der Waals surface area (Å²) in [7, 11) is 1.05. The number of alkyl carbamates (subject to hydrolysis) is 1. The Labute approximate surface area is 235 Å². The summed E-state index contributed by atoms with van der Waals surface area (Å²) in [4.78, 5) is 72.9. The molecule has 2 amide bonds. The van der Waals surface area contributed by atoms with E-state index in [0.717, 1.165) is 34.8 Å². The fourth-order valence-electron chi connectivity index (χ4n) is 4.17. The third-order valence-corrected chi connectivity index (χ3v) is 5.79. The quantitative estimate of drug-likeness (QED) is 0.177. The van der Waals surface area contributed by atoms with Gasteiger partial charge in [-0.15, -0.1) is 0 Å². The van der Waals surface area contributed by atoms with Gasteiger partial charge in [0.25, 0.3) is 0 Å². The zero-order valence-electron chi connectivity index (χ0n) is 23.2. The maximum atomic E-state index is 12.7. The Morgan fingerprint density at radius 2 is 1.59 bits per heavy atom. The van der Waals surface area contributed by atoms with Crippen molar-refractivity contribution in [1.29, 1.82) is 0 Å². The minimum Gasteiger partial charge on any atom is -0.467 e. The lowest BCUT2D eigenvalue weighted by Crippen LogP contribution is -2.75. The maximum absolute atomic E-state index is 12.7. The van der Waals surface area contributed by atoms with Gasteiger partial charge >= 0.3 is 30.0 Å². The van der Waals surface area contributed by atoms with Crippen LogP contribution in [-0.2, 0) is 59.0 Å². The van der Waals surface area contributed by atoms with Gasteiger partial charge in [-0.1, -0.05) is 30.3 Å². The Kier molecular flexibility index (Phi) is 12.0. The minimum absolute atomic E-state index is 0.126. The van der Waals surface area contributed by atoms with Crippen molar-refractivity contribution in [3.63, 3.8) is 0 Å². The van der Waals surface area contributed by atoms with E-state index in [1.54, 1.807) is 30.3 Å². The molecule has 3 N–H and O–H groups in total. The van der Waals surface area contributed by atoms with Crippen molar-refractivity contribution in [1.82, 2.24) is 10.6 Å². The number of esters is 4. The minimum atomic E-state index is -2.62. The summed E-state index contributed by atoms with van der Waals surface area (Å²) in [5.74, 6) is -4.33. The molecule has 1 saturated heterocycles. The summed E-state index contributed by atoms with van der Waals surface area (Å²) >= 11 is 0. The van der Waals surface area contributed by atoms with Crippen LogP contribution in [0.15, 0.2) is 30.3 Å². The van der Waals surface area contributed by atoms with Crippen LogP contribution >= 0.6 is 0 Å². The van der Waals surface area contributed by atoms with Crippen LogP contribution in [0.4, 0.5) is 4.79 Å². The zero-order valence-corrected chi connectivity index (χ0v) is 23.2. The Morgan fingerprint density at radius 1 is 0.951 bits per heavy atom. The second-order valence-corrected chi connectivity index (χ2v) is 9.09. The number of carbonyl (C=O) groups is 6.